The zero-order valence-electron chi connectivity index (χ0n) is 15.2. The minimum atomic E-state index is -0.0444. The molecule has 2 aliphatic rings. The van der Waals surface area contributed by atoms with Crippen LogP contribution in [0.25, 0.3) is 0 Å². The predicted octanol–water partition coefficient (Wildman–Crippen LogP) is 5.03. The van der Waals surface area contributed by atoms with Gasteiger partial charge in [-0.3, -0.25) is 9.79 Å². The Morgan fingerprint density at radius 2 is 1.84 bits per heavy atom. The van der Waals surface area contributed by atoms with Crippen LogP contribution in [0.2, 0.25) is 0 Å². The van der Waals surface area contributed by atoms with Crippen molar-refractivity contribution in [1.29, 1.82) is 0 Å². The smallest absolute Gasteiger partial charge is 0.236 e. The van der Waals surface area contributed by atoms with Crippen LogP contribution in [-0.2, 0) is 11.3 Å². The average molecular weight is 332 g/mol. The molecule has 0 bridgehead atoms. The van der Waals surface area contributed by atoms with E-state index in [1.807, 2.05) is 17.0 Å². The molecule has 25 heavy (non-hydrogen) atoms. The molecule has 1 atom stereocenters. The third kappa shape index (κ3) is 2.78. The van der Waals surface area contributed by atoms with Crippen LogP contribution in [0, 0.1) is 26.7 Å². The van der Waals surface area contributed by atoms with E-state index in [9.17, 15) is 4.79 Å². The zero-order valence-corrected chi connectivity index (χ0v) is 15.2. The number of fused-ring (bicyclic) bond motifs is 2. The van der Waals surface area contributed by atoms with Crippen molar-refractivity contribution in [1.82, 2.24) is 0 Å². The summed E-state index contributed by atoms with van der Waals surface area (Å²) in [6, 6.07) is 12.6. The molecule has 3 heteroatoms. The van der Waals surface area contributed by atoms with Crippen LogP contribution >= 0.6 is 0 Å². The summed E-state index contributed by atoms with van der Waals surface area (Å²) >= 11 is 0. The maximum Gasteiger partial charge on any atom is 0.236 e. The zero-order chi connectivity index (χ0) is 17.6. The molecule has 128 valence electrons. The lowest BCUT2D eigenvalue weighted by Gasteiger charge is -2.26. The Balaban J connectivity index is 1.85. The largest absolute Gasteiger partial charge is 0.305 e. The second-order valence-corrected chi connectivity index (χ2v) is 7.32. The molecule has 4 rings (SSSR count). The fourth-order valence-corrected chi connectivity index (χ4v) is 3.90. The lowest BCUT2D eigenvalue weighted by Crippen LogP contribution is -2.36. The van der Waals surface area contributed by atoms with Crippen molar-refractivity contribution in [2.24, 2.45) is 10.9 Å². The Morgan fingerprint density at radius 3 is 2.64 bits per heavy atom. The van der Waals surface area contributed by atoms with Crippen LogP contribution in [-0.4, -0.2) is 11.6 Å². The fraction of sp³-hybridized carbons (Fsp3) is 0.364. The molecule has 1 fully saturated rings. The molecule has 1 aliphatic heterocycles. The van der Waals surface area contributed by atoms with Gasteiger partial charge in [-0.25, -0.2) is 0 Å². The van der Waals surface area contributed by atoms with Crippen molar-refractivity contribution in [2.45, 2.75) is 46.6 Å². The predicted molar refractivity (Wildman–Crippen MR) is 103 cm³/mol. The third-order valence-corrected chi connectivity index (χ3v) is 5.63. The van der Waals surface area contributed by atoms with Crippen LogP contribution in [0.1, 0.15) is 41.5 Å². The molecule has 2 aromatic carbocycles. The van der Waals surface area contributed by atoms with Gasteiger partial charge >= 0.3 is 0 Å². The third-order valence-electron chi connectivity index (χ3n) is 5.63. The number of aliphatic imine (C=N–C) groups is 1. The van der Waals surface area contributed by atoms with E-state index >= 15 is 0 Å². The van der Waals surface area contributed by atoms with Gasteiger partial charge in [0.05, 0.1) is 23.8 Å². The van der Waals surface area contributed by atoms with Gasteiger partial charge in [0.15, 0.2) is 0 Å². The summed E-state index contributed by atoms with van der Waals surface area (Å²) in [6.07, 6.45) is 2.93. The molecule has 0 N–H and O–H groups in total. The second-order valence-electron chi connectivity index (χ2n) is 7.32. The normalized spacial score (nSPS) is 19.3. The molecule has 3 nitrogen and oxygen atoms in total. The van der Waals surface area contributed by atoms with Gasteiger partial charge in [-0.05, 0) is 74.4 Å². The Hall–Kier alpha value is -2.42. The van der Waals surface area contributed by atoms with Crippen LogP contribution in [0.4, 0.5) is 11.4 Å². The van der Waals surface area contributed by atoms with E-state index in [-0.39, 0.29) is 11.8 Å². The number of amides is 1. The fourth-order valence-electron chi connectivity index (χ4n) is 3.90. The van der Waals surface area contributed by atoms with Crippen molar-refractivity contribution in [3.63, 3.8) is 0 Å². The molecule has 1 heterocycles. The highest BCUT2D eigenvalue weighted by molar-refractivity contribution is 6.15. The van der Waals surface area contributed by atoms with E-state index in [2.05, 4.69) is 45.0 Å². The Morgan fingerprint density at radius 1 is 1.08 bits per heavy atom. The topological polar surface area (TPSA) is 32.7 Å². The molecule has 0 saturated heterocycles. The molecule has 1 unspecified atom stereocenters. The first kappa shape index (κ1) is 16.1. The van der Waals surface area contributed by atoms with Crippen molar-refractivity contribution in [2.75, 3.05) is 4.90 Å². The van der Waals surface area contributed by atoms with Crippen LogP contribution < -0.4 is 4.90 Å². The number of carbonyl (C=O) groups is 1. The van der Waals surface area contributed by atoms with Gasteiger partial charge < -0.3 is 4.90 Å². The molecule has 0 aromatic heterocycles. The van der Waals surface area contributed by atoms with Gasteiger partial charge in [0.1, 0.15) is 0 Å². The van der Waals surface area contributed by atoms with Crippen molar-refractivity contribution in [3.05, 3.63) is 58.7 Å². The molecule has 1 amide bonds. The number of hydrogen-bond acceptors (Lipinski definition) is 2. The van der Waals surface area contributed by atoms with Crippen molar-refractivity contribution in [3.8, 4) is 0 Å². The summed E-state index contributed by atoms with van der Waals surface area (Å²) < 4.78 is 0. The maximum atomic E-state index is 13.3. The summed E-state index contributed by atoms with van der Waals surface area (Å²) in [5.74, 6) is 0.165. The van der Waals surface area contributed by atoms with E-state index in [4.69, 9.17) is 4.99 Å². The lowest BCUT2D eigenvalue weighted by atomic mass is 10.0. The highest BCUT2D eigenvalue weighted by Crippen LogP contribution is 2.40. The number of hydrogen-bond donors (Lipinski definition) is 0. The molecule has 0 radical (unpaired) electrons. The lowest BCUT2D eigenvalue weighted by molar-refractivity contribution is -0.120. The Bertz CT molecular complexity index is 882. The number of carbonyl (C=O) groups excluding carboxylic acids is 1. The SMILES string of the molecule is Cc1cc2c(cc1C)N(Cc1ccccc1C)C(=O)C1CCCC1=N2. The number of aryl methyl sites for hydroxylation is 3. The van der Waals surface area contributed by atoms with Gasteiger partial charge in [-0.2, -0.15) is 0 Å². The molecule has 2 aromatic rings. The molecule has 0 spiro atoms. The van der Waals surface area contributed by atoms with E-state index in [1.54, 1.807) is 0 Å². The van der Waals surface area contributed by atoms with Gasteiger partial charge in [-0.1, -0.05) is 24.3 Å². The average Bonchev–Trinajstić information content (AvgIpc) is 3.01. The van der Waals surface area contributed by atoms with Crippen LogP contribution in [0.5, 0.6) is 0 Å². The van der Waals surface area contributed by atoms with Gasteiger partial charge in [0, 0.05) is 5.71 Å². The maximum absolute atomic E-state index is 13.3. The molecular weight excluding hydrogens is 308 g/mol. The van der Waals surface area contributed by atoms with Crippen molar-refractivity contribution >= 4 is 23.0 Å². The van der Waals surface area contributed by atoms with Crippen LogP contribution in [0.3, 0.4) is 0 Å². The van der Waals surface area contributed by atoms with Crippen LogP contribution in [0.15, 0.2) is 41.4 Å². The second kappa shape index (κ2) is 6.14. The van der Waals surface area contributed by atoms with E-state index in [0.29, 0.717) is 6.54 Å². The Labute approximate surface area is 149 Å². The monoisotopic (exact) mass is 332 g/mol. The summed E-state index contributed by atoms with van der Waals surface area (Å²) in [4.78, 5) is 20.2. The highest BCUT2D eigenvalue weighted by Gasteiger charge is 2.36. The quantitative estimate of drug-likeness (QED) is 0.759. The summed E-state index contributed by atoms with van der Waals surface area (Å²) in [5.41, 5.74) is 7.82. The first-order valence-electron chi connectivity index (χ1n) is 9.09. The summed E-state index contributed by atoms with van der Waals surface area (Å²) in [6.45, 7) is 6.93. The number of benzene rings is 2. The molecule has 1 saturated carbocycles. The van der Waals surface area contributed by atoms with Crippen molar-refractivity contribution < 1.29 is 4.79 Å². The first-order valence-corrected chi connectivity index (χ1v) is 9.09. The van der Waals surface area contributed by atoms with E-state index in [0.717, 1.165) is 36.3 Å². The van der Waals surface area contributed by atoms with E-state index in [1.165, 1.54) is 22.3 Å². The minimum Gasteiger partial charge on any atom is -0.305 e. The summed E-state index contributed by atoms with van der Waals surface area (Å²) in [7, 11) is 0. The molecule has 1 aliphatic carbocycles. The summed E-state index contributed by atoms with van der Waals surface area (Å²) in [5, 5.41) is 0. The minimum absolute atomic E-state index is 0.0444. The van der Waals surface area contributed by atoms with Gasteiger partial charge in [0.25, 0.3) is 0 Å². The van der Waals surface area contributed by atoms with Gasteiger partial charge in [-0.15, -0.1) is 0 Å². The van der Waals surface area contributed by atoms with Gasteiger partial charge in [0.2, 0.25) is 5.91 Å². The number of anilines is 1. The highest BCUT2D eigenvalue weighted by atomic mass is 16.2. The van der Waals surface area contributed by atoms with E-state index < -0.39 is 0 Å². The number of nitrogens with zero attached hydrogens (tertiary/aromatic N) is 2. The first-order chi connectivity index (χ1) is 12.0. The Kier molecular flexibility index (Phi) is 3.95. The molecular formula is C22H24N2O. The standard InChI is InChI=1S/C22H24N2O/c1-14-7-4-5-8-17(14)13-24-21-12-16(3)15(2)11-20(21)23-19-10-6-9-18(19)22(24)25/h4-5,7-8,11-12,18H,6,9-10,13H2,1-3H3. The number of rotatable bonds is 2.